The van der Waals surface area contributed by atoms with Crippen LogP contribution in [0.15, 0.2) is 47.3 Å². The highest BCUT2D eigenvalue weighted by Gasteiger charge is 2.37. The average molecular weight is 466 g/mol. The molecule has 1 saturated heterocycles. The first-order chi connectivity index (χ1) is 15.7. The van der Waals surface area contributed by atoms with Gasteiger partial charge in [-0.15, -0.1) is 18.3 Å². The molecule has 1 fully saturated rings. The Morgan fingerprint density at radius 2 is 2.15 bits per heavy atom. The van der Waals surface area contributed by atoms with Crippen molar-refractivity contribution in [2.45, 2.75) is 31.4 Å². The molecule has 2 aromatic heterocycles. The monoisotopic (exact) mass is 466 g/mol. The maximum Gasteiger partial charge on any atom is 0.573 e. The van der Waals surface area contributed by atoms with Crippen LogP contribution in [0.25, 0.3) is 11.3 Å². The Hall–Kier alpha value is -4.10. The number of alkyl halides is 3. The molecule has 0 bridgehead atoms. The second-order valence-corrected chi connectivity index (χ2v) is 7.23. The Bertz CT molecular complexity index is 1130. The van der Waals surface area contributed by atoms with Crippen LogP contribution in [0, 0.1) is 0 Å². The second-order valence-electron chi connectivity index (χ2n) is 7.23. The van der Waals surface area contributed by atoms with E-state index >= 15 is 0 Å². The summed E-state index contributed by atoms with van der Waals surface area (Å²) < 4.78 is 48.1. The van der Waals surface area contributed by atoms with Gasteiger partial charge >= 0.3 is 18.4 Å². The van der Waals surface area contributed by atoms with E-state index in [-0.39, 0.29) is 30.3 Å². The zero-order valence-corrected chi connectivity index (χ0v) is 16.8. The fourth-order valence-electron chi connectivity index (χ4n) is 3.58. The van der Waals surface area contributed by atoms with Gasteiger partial charge in [0, 0.05) is 24.3 Å². The smallest absolute Gasteiger partial charge is 0.465 e. The van der Waals surface area contributed by atoms with Gasteiger partial charge in [0.15, 0.2) is 5.76 Å². The van der Waals surface area contributed by atoms with Gasteiger partial charge in [0.2, 0.25) is 0 Å². The number of oxazole rings is 1. The molecule has 2 N–H and O–H groups in total. The third-order valence-corrected chi connectivity index (χ3v) is 4.92. The van der Waals surface area contributed by atoms with Crippen LogP contribution < -0.4 is 10.1 Å². The number of hydrogen-bond donors (Lipinski definition) is 2. The maximum atomic E-state index is 12.6. The number of nitrogens with one attached hydrogen (secondary N) is 1. The van der Waals surface area contributed by atoms with Gasteiger partial charge < -0.3 is 24.5 Å². The molecule has 3 heterocycles. The van der Waals surface area contributed by atoms with Gasteiger partial charge in [-0.2, -0.15) is 0 Å². The number of carboxylic acid groups (broad SMARTS) is 1. The number of rotatable bonds is 6. The molecule has 4 rings (SSSR count). The summed E-state index contributed by atoms with van der Waals surface area (Å²) in [6, 6.07) is 4.12. The molecule has 2 amide bonds. The second kappa shape index (κ2) is 8.80. The summed E-state index contributed by atoms with van der Waals surface area (Å²) in [5, 5.41) is 19.7. The Balaban J connectivity index is 1.42. The van der Waals surface area contributed by atoms with Crippen LogP contribution in [0.2, 0.25) is 0 Å². The summed E-state index contributed by atoms with van der Waals surface area (Å²) >= 11 is 0. The van der Waals surface area contributed by atoms with Crippen LogP contribution in [0.5, 0.6) is 5.75 Å². The fourth-order valence-corrected chi connectivity index (χ4v) is 3.58. The molecule has 14 heteroatoms. The Morgan fingerprint density at radius 3 is 2.85 bits per heavy atom. The molecular weight excluding hydrogens is 449 g/mol. The van der Waals surface area contributed by atoms with E-state index in [0.29, 0.717) is 6.42 Å². The van der Waals surface area contributed by atoms with E-state index < -0.39 is 36.2 Å². The van der Waals surface area contributed by atoms with Crippen molar-refractivity contribution in [2.24, 2.45) is 0 Å². The minimum Gasteiger partial charge on any atom is -0.465 e. The lowest BCUT2D eigenvalue weighted by Gasteiger charge is -2.20. The number of aromatic nitrogens is 4. The van der Waals surface area contributed by atoms with Gasteiger partial charge in [0.1, 0.15) is 5.75 Å². The van der Waals surface area contributed by atoms with E-state index in [1.54, 1.807) is 6.20 Å². The topological polar surface area (TPSA) is 136 Å². The van der Waals surface area contributed by atoms with E-state index in [1.807, 2.05) is 0 Å². The van der Waals surface area contributed by atoms with Crippen molar-refractivity contribution >= 4 is 12.0 Å². The normalized spacial score (nSPS) is 18.3. The predicted octanol–water partition coefficient (Wildman–Crippen LogP) is 2.38. The number of halogens is 3. The van der Waals surface area contributed by atoms with Crippen molar-refractivity contribution in [2.75, 3.05) is 6.54 Å². The van der Waals surface area contributed by atoms with Crippen molar-refractivity contribution in [1.82, 2.24) is 30.2 Å². The maximum absolute atomic E-state index is 12.6. The molecule has 11 nitrogen and oxygen atoms in total. The summed E-state index contributed by atoms with van der Waals surface area (Å²) in [6.45, 7) is 0.336. The van der Waals surface area contributed by atoms with Crippen molar-refractivity contribution in [3.05, 3.63) is 48.7 Å². The van der Waals surface area contributed by atoms with Crippen LogP contribution in [0.4, 0.5) is 18.0 Å². The van der Waals surface area contributed by atoms with Crippen molar-refractivity contribution in [1.29, 1.82) is 0 Å². The average Bonchev–Trinajstić information content (AvgIpc) is 3.48. The number of benzene rings is 1. The first-order valence-electron chi connectivity index (χ1n) is 9.64. The Labute approximate surface area is 183 Å². The zero-order chi connectivity index (χ0) is 23.6. The van der Waals surface area contributed by atoms with Gasteiger partial charge in [-0.1, -0.05) is 17.3 Å². The molecule has 33 heavy (non-hydrogen) atoms. The molecule has 0 saturated carbocycles. The number of nitrogens with zero attached hydrogens (tertiary/aromatic N) is 5. The molecule has 0 radical (unpaired) electrons. The molecule has 0 aliphatic carbocycles. The first kappa shape index (κ1) is 22.1. The molecule has 3 aromatic rings. The summed E-state index contributed by atoms with van der Waals surface area (Å²) in [5.74, 6) is -1.37. The van der Waals surface area contributed by atoms with Crippen LogP contribution in [-0.2, 0) is 6.54 Å². The minimum absolute atomic E-state index is 0.0603. The van der Waals surface area contributed by atoms with Crippen LogP contribution in [0.3, 0.4) is 0 Å². The zero-order valence-electron chi connectivity index (χ0n) is 16.8. The van der Waals surface area contributed by atoms with E-state index in [1.165, 1.54) is 34.1 Å². The van der Waals surface area contributed by atoms with Crippen LogP contribution in [0.1, 0.15) is 17.1 Å². The largest absolute Gasteiger partial charge is 0.573 e. The quantitative estimate of drug-likeness (QED) is 0.565. The van der Waals surface area contributed by atoms with E-state index in [9.17, 15) is 27.9 Å². The fraction of sp³-hybridized carbons (Fsp3) is 0.316. The number of likely N-dealkylation sites (tertiary alicyclic amines) is 1. The molecular formula is C19H17F3N6O5. The molecule has 2 atom stereocenters. The summed E-state index contributed by atoms with van der Waals surface area (Å²) in [5.41, 5.74) is 0.231. The highest BCUT2D eigenvalue weighted by Crippen LogP contribution is 2.28. The standard InChI is InChI=1S/C19H17F3N6O5/c20-19(21,22)33-14-3-1-2-11(6-14)15-8-23-17(32-15)16(29)25-12-7-13(28(9-12)18(30)31)10-27-5-4-24-26-27/h1-6,8,12-13H,7,9-10H2,(H,25,29)(H,30,31)/t12?,13-/m1/s1. The highest BCUT2D eigenvalue weighted by atomic mass is 19.4. The van der Waals surface area contributed by atoms with Gasteiger partial charge in [-0.3, -0.25) is 9.48 Å². The van der Waals surface area contributed by atoms with E-state index in [0.717, 1.165) is 12.1 Å². The number of carbonyl (C=O) groups excluding carboxylic acids is 1. The Kier molecular flexibility index (Phi) is 5.89. The summed E-state index contributed by atoms with van der Waals surface area (Å²) in [7, 11) is 0. The number of ether oxygens (including phenoxy) is 1. The molecule has 0 spiro atoms. The minimum atomic E-state index is -4.85. The van der Waals surface area contributed by atoms with Gasteiger partial charge in [0.05, 0.1) is 25.0 Å². The molecule has 1 unspecified atom stereocenters. The molecule has 174 valence electrons. The molecule has 1 aromatic carbocycles. The van der Waals surface area contributed by atoms with E-state index in [2.05, 4.69) is 25.3 Å². The van der Waals surface area contributed by atoms with Crippen molar-refractivity contribution < 1.29 is 37.0 Å². The first-order valence-corrected chi connectivity index (χ1v) is 9.64. The van der Waals surface area contributed by atoms with Gasteiger partial charge in [0.25, 0.3) is 5.89 Å². The summed E-state index contributed by atoms with van der Waals surface area (Å²) in [6.07, 6.45) is -1.35. The lowest BCUT2D eigenvalue weighted by atomic mass is 10.1. The van der Waals surface area contributed by atoms with Crippen LogP contribution >= 0.6 is 0 Å². The van der Waals surface area contributed by atoms with Gasteiger partial charge in [-0.05, 0) is 18.6 Å². The lowest BCUT2D eigenvalue weighted by Crippen LogP contribution is -2.39. The molecule has 1 aliphatic heterocycles. The van der Waals surface area contributed by atoms with Crippen molar-refractivity contribution in [3.63, 3.8) is 0 Å². The van der Waals surface area contributed by atoms with Crippen molar-refractivity contribution in [3.8, 4) is 17.1 Å². The number of amides is 2. The third-order valence-electron chi connectivity index (χ3n) is 4.92. The van der Waals surface area contributed by atoms with E-state index in [4.69, 9.17) is 4.42 Å². The highest BCUT2D eigenvalue weighted by molar-refractivity contribution is 5.90. The Morgan fingerprint density at radius 1 is 1.33 bits per heavy atom. The van der Waals surface area contributed by atoms with Crippen LogP contribution in [-0.4, -0.2) is 67.0 Å². The number of hydrogen-bond acceptors (Lipinski definition) is 7. The number of carbonyl (C=O) groups is 2. The summed E-state index contributed by atoms with van der Waals surface area (Å²) in [4.78, 5) is 29.2. The third kappa shape index (κ3) is 5.39. The lowest BCUT2D eigenvalue weighted by molar-refractivity contribution is -0.274. The molecule has 1 aliphatic rings. The predicted molar refractivity (Wildman–Crippen MR) is 103 cm³/mol. The SMILES string of the molecule is O=C(NC1C[C@H](Cn2ccnn2)N(C(=O)O)C1)c1ncc(-c2cccc(OC(F)(F)F)c2)o1. The van der Waals surface area contributed by atoms with Gasteiger partial charge in [-0.25, -0.2) is 9.78 Å².